The fourth-order valence-corrected chi connectivity index (χ4v) is 4.34. The minimum absolute atomic E-state index is 0.0995. The second-order valence-corrected chi connectivity index (χ2v) is 10.8. The summed E-state index contributed by atoms with van der Waals surface area (Å²) in [5, 5.41) is 0. The maximum absolute atomic E-state index is 13.9. The van der Waals surface area contributed by atoms with Gasteiger partial charge in [-0.2, -0.15) is 0 Å². The summed E-state index contributed by atoms with van der Waals surface area (Å²) in [4.78, 5) is 4.33. The van der Waals surface area contributed by atoms with Crippen LogP contribution in [0.15, 0.2) is 36.5 Å². The maximum Gasteiger partial charge on any atom is 0.146 e. The van der Waals surface area contributed by atoms with E-state index in [4.69, 9.17) is 5.73 Å². The third-order valence-electron chi connectivity index (χ3n) is 5.33. The third-order valence-corrected chi connectivity index (χ3v) is 6.97. The van der Waals surface area contributed by atoms with Crippen molar-refractivity contribution in [3.63, 3.8) is 0 Å². The van der Waals surface area contributed by atoms with Gasteiger partial charge in [-0.25, -0.2) is 4.39 Å². The number of aryl methyl sites for hydroxylation is 1. The van der Waals surface area contributed by atoms with Crippen molar-refractivity contribution in [1.82, 2.24) is 9.71 Å². The van der Waals surface area contributed by atoms with Crippen molar-refractivity contribution in [3.05, 3.63) is 59.2 Å². The van der Waals surface area contributed by atoms with E-state index in [1.807, 2.05) is 39.8 Å². The molecule has 1 fully saturated rings. The summed E-state index contributed by atoms with van der Waals surface area (Å²) in [7, 11) is 0. The lowest BCUT2D eigenvalue weighted by atomic mass is 9.79. The van der Waals surface area contributed by atoms with Gasteiger partial charge in [-0.1, -0.05) is 18.9 Å². The molecule has 1 aliphatic carbocycles. The van der Waals surface area contributed by atoms with Gasteiger partial charge in [0, 0.05) is 23.3 Å². The molecule has 0 aliphatic heterocycles. The van der Waals surface area contributed by atoms with E-state index in [-0.39, 0.29) is 5.69 Å². The van der Waals surface area contributed by atoms with E-state index in [2.05, 4.69) is 9.71 Å². The van der Waals surface area contributed by atoms with Crippen molar-refractivity contribution in [2.45, 2.75) is 63.7 Å². The average molecular weight is 404 g/mol. The Labute approximate surface area is 170 Å². The van der Waals surface area contributed by atoms with Crippen LogP contribution in [0.4, 0.5) is 10.1 Å². The number of nitrogens with one attached hydrogen (secondary N) is 1. The molecule has 1 aliphatic rings. The zero-order valence-electron chi connectivity index (χ0n) is 17.1. The highest BCUT2D eigenvalue weighted by atomic mass is 32.2. The molecule has 0 saturated heterocycles. The largest absolute Gasteiger partial charge is 0.598 e. The third kappa shape index (κ3) is 4.67. The molecule has 1 aromatic heterocycles. The normalized spacial score (nSPS) is 17.9. The zero-order valence-corrected chi connectivity index (χ0v) is 17.9. The fraction of sp³-hybridized carbons (Fsp3) is 0.500. The highest BCUT2D eigenvalue weighted by Crippen LogP contribution is 2.42. The number of rotatable bonds is 7. The standard InChI is InChI=1S/C22H30FN3OS/c1-15-13-18(10-12-25-15)22(11-9-16-5-6-16,26-28(27)21(2,3)4)17-7-8-19(23)20(24)14-17/h7-8,10,12-14,16,26H,5-6,9,11,24H2,1-4H3/t22-,28-/m1/s1. The molecular formula is C22H30FN3OS. The van der Waals surface area contributed by atoms with Gasteiger partial charge in [0.25, 0.3) is 0 Å². The summed E-state index contributed by atoms with van der Waals surface area (Å²) >= 11 is -1.33. The Bertz CT molecular complexity index is 835. The maximum atomic E-state index is 13.9. The molecule has 0 bridgehead atoms. The lowest BCUT2D eigenvalue weighted by molar-refractivity contribution is 0.401. The minimum atomic E-state index is -1.33. The smallest absolute Gasteiger partial charge is 0.146 e. The molecule has 6 heteroatoms. The van der Waals surface area contributed by atoms with E-state index in [9.17, 15) is 8.94 Å². The fourth-order valence-electron chi connectivity index (χ4n) is 3.38. The number of nitrogens with two attached hydrogens (primary N) is 1. The van der Waals surface area contributed by atoms with Crippen molar-refractivity contribution in [2.75, 3.05) is 5.73 Å². The Balaban J connectivity index is 2.15. The number of nitrogen functional groups attached to an aromatic ring is 1. The summed E-state index contributed by atoms with van der Waals surface area (Å²) < 4.78 is 30.1. The summed E-state index contributed by atoms with van der Waals surface area (Å²) in [6.45, 7) is 7.77. The second kappa shape index (κ2) is 8.01. The molecule has 1 saturated carbocycles. The number of pyridine rings is 1. The number of aromatic nitrogens is 1. The van der Waals surface area contributed by atoms with Gasteiger partial charge in [0.1, 0.15) is 16.1 Å². The molecule has 0 unspecified atom stereocenters. The first-order valence-corrected chi connectivity index (χ1v) is 10.9. The molecule has 0 amide bonds. The molecule has 2 aromatic rings. The van der Waals surface area contributed by atoms with Crippen molar-refractivity contribution >= 4 is 17.0 Å². The lowest BCUT2D eigenvalue weighted by Crippen LogP contribution is -2.52. The van der Waals surface area contributed by atoms with Gasteiger partial charge in [-0.15, -0.1) is 4.72 Å². The van der Waals surface area contributed by atoms with Crippen LogP contribution in [0.5, 0.6) is 0 Å². The number of benzene rings is 1. The number of anilines is 1. The van der Waals surface area contributed by atoms with Crippen LogP contribution in [0.1, 0.15) is 63.3 Å². The number of hydrogen-bond acceptors (Lipinski definition) is 4. The van der Waals surface area contributed by atoms with E-state index in [0.717, 1.165) is 29.7 Å². The highest BCUT2D eigenvalue weighted by Gasteiger charge is 2.43. The predicted octanol–water partition coefficient (Wildman–Crippen LogP) is 4.60. The molecule has 3 N–H and O–H groups in total. The molecule has 152 valence electrons. The SMILES string of the molecule is Cc1cc([C@](CCC2CC2)(N[S@+]([O-])C(C)(C)C)c2ccc(F)c(N)c2)ccn1. The van der Waals surface area contributed by atoms with Crippen molar-refractivity contribution in [2.24, 2.45) is 5.92 Å². The average Bonchev–Trinajstić information content (AvgIpc) is 3.44. The Morgan fingerprint density at radius 3 is 2.46 bits per heavy atom. The Morgan fingerprint density at radius 1 is 1.21 bits per heavy atom. The van der Waals surface area contributed by atoms with Crippen molar-refractivity contribution in [1.29, 1.82) is 0 Å². The van der Waals surface area contributed by atoms with Gasteiger partial charge < -0.3 is 10.3 Å². The highest BCUT2D eigenvalue weighted by molar-refractivity contribution is 7.90. The molecule has 0 radical (unpaired) electrons. The topological polar surface area (TPSA) is 74.0 Å². The molecule has 1 aromatic carbocycles. The van der Waals surface area contributed by atoms with Gasteiger partial charge in [-0.05, 0) is 81.8 Å². The number of hydrogen-bond donors (Lipinski definition) is 2. The molecule has 2 atom stereocenters. The molecular weight excluding hydrogens is 373 g/mol. The summed E-state index contributed by atoms with van der Waals surface area (Å²) in [6.07, 6.45) is 6.00. The van der Waals surface area contributed by atoms with Crippen LogP contribution in [-0.4, -0.2) is 14.3 Å². The number of nitrogens with zero attached hydrogens (tertiary/aromatic N) is 1. The van der Waals surface area contributed by atoms with E-state index in [1.54, 1.807) is 18.3 Å². The first-order valence-electron chi connectivity index (χ1n) is 9.80. The Morgan fingerprint density at radius 2 is 1.89 bits per heavy atom. The van der Waals surface area contributed by atoms with Crippen LogP contribution in [-0.2, 0) is 16.9 Å². The summed E-state index contributed by atoms with van der Waals surface area (Å²) in [5.41, 5.74) is 7.98. The van der Waals surface area contributed by atoms with Crippen LogP contribution in [0, 0.1) is 18.7 Å². The van der Waals surface area contributed by atoms with E-state index in [1.165, 1.54) is 18.9 Å². The quantitative estimate of drug-likeness (QED) is 0.523. The zero-order chi connectivity index (χ0) is 20.5. The molecule has 3 rings (SSSR count). The van der Waals surface area contributed by atoms with Gasteiger partial charge in [0.15, 0.2) is 0 Å². The van der Waals surface area contributed by atoms with Crippen LogP contribution >= 0.6 is 0 Å². The molecule has 28 heavy (non-hydrogen) atoms. The molecule has 0 spiro atoms. The van der Waals surface area contributed by atoms with Gasteiger partial charge in [0.2, 0.25) is 0 Å². The second-order valence-electron chi connectivity index (χ2n) is 8.79. The van der Waals surface area contributed by atoms with Crippen LogP contribution in [0.3, 0.4) is 0 Å². The Hall–Kier alpha value is -1.63. The van der Waals surface area contributed by atoms with E-state index in [0.29, 0.717) is 5.92 Å². The van der Waals surface area contributed by atoms with Gasteiger partial charge >= 0.3 is 0 Å². The van der Waals surface area contributed by atoms with Crippen LogP contribution in [0.2, 0.25) is 0 Å². The van der Waals surface area contributed by atoms with E-state index >= 15 is 0 Å². The van der Waals surface area contributed by atoms with Crippen LogP contribution < -0.4 is 10.5 Å². The van der Waals surface area contributed by atoms with Gasteiger partial charge in [-0.3, -0.25) is 4.98 Å². The predicted molar refractivity (Wildman–Crippen MR) is 114 cm³/mol. The molecule has 4 nitrogen and oxygen atoms in total. The first kappa shape index (κ1) is 21.1. The Kier molecular flexibility index (Phi) is 6.03. The number of halogens is 1. The van der Waals surface area contributed by atoms with Crippen molar-refractivity contribution < 1.29 is 8.94 Å². The van der Waals surface area contributed by atoms with Gasteiger partial charge in [0.05, 0.1) is 5.69 Å². The van der Waals surface area contributed by atoms with Crippen molar-refractivity contribution in [3.8, 4) is 0 Å². The van der Waals surface area contributed by atoms with Crippen LogP contribution in [0.25, 0.3) is 0 Å². The minimum Gasteiger partial charge on any atom is -0.598 e. The lowest BCUT2D eigenvalue weighted by Gasteiger charge is -2.39. The summed E-state index contributed by atoms with van der Waals surface area (Å²) in [6, 6.07) is 8.78. The molecule has 1 heterocycles. The monoisotopic (exact) mass is 403 g/mol. The first-order chi connectivity index (χ1) is 13.1. The van der Waals surface area contributed by atoms with E-state index < -0.39 is 27.5 Å². The summed E-state index contributed by atoms with van der Waals surface area (Å²) in [5.74, 6) is 0.257.